The van der Waals surface area contributed by atoms with Crippen molar-refractivity contribution in [2.45, 2.75) is 38.5 Å². The lowest BCUT2D eigenvalue weighted by Gasteiger charge is -1.98. The molecule has 0 aliphatic carbocycles. The number of carboxylic acids is 1. The first kappa shape index (κ1) is 12.5. The lowest BCUT2D eigenvalue weighted by molar-refractivity contribution is -0.137. The van der Waals surface area contributed by atoms with E-state index in [9.17, 15) is 9.59 Å². The van der Waals surface area contributed by atoms with Crippen molar-refractivity contribution in [3.05, 3.63) is 24.2 Å². The minimum atomic E-state index is -0.758. The lowest BCUT2D eigenvalue weighted by Crippen LogP contribution is -1.97. The number of ketones is 1. The first-order chi connectivity index (χ1) is 7.70. The Bertz CT molecular complexity index is 327. The highest BCUT2D eigenvalue weighted by Gasteiger charge is 2.07. The molecular weight excluding hydrogens is 208 g/mol. The summed E-state index contributed by atoms with van der Waals surface area (Å²) in [7, 11) is 0. The molecule has 88 valence electrons. The third-order valence-electron chi connectivity index (χ3n) is 2.34. The summed E-state index contributed by atoms with van der Waals surface area (Å²) in [6, 6.07) is 3.35. The number of rotatable bonds is 8. The number of aliphatic carboxylic acids is 1. The van der Waals surface area contributed by atoms with E-state index in [1.165, 1.54) is 6.26 Å². The second-order valence-electron chi connectivity index (χ2n) is 3.71. The van der Waals surface area contributed by atoms with E-state index in [4.69, 9.17) is 9.52 Å². The molecule has 1 rings (SSSR count). The molecule has 4 nitrogen and oxygen atoms in total. The van der Waals surface area contributed by atoms with Gasteiger partial charge in [-0.15, -0.1) is 0 Å². The highest BCUT2D eigenvalue weighted by atomic mass is 16.4. The molecule has 16 heavy (non-hydrogen) atoms. The zero-order valence-corrected chi connectivity index (χ0v) is 9.15. The fourth-order valence-corrected chi connectivity index (χ4v) is 1.48. The number of carboxylic acid groups (broad SMARTS) is 1. The van der Waals surface area contributed by atoms with Gasteiger partial charge in [0.05, 0.1) is 6.26 Å². The van der Waals surface area contributed by atoms with Gasteiger partial charge in [-0.25, -0.2) is 0 Å². The Kier molecular flexibility index (Phi) is 5.32. The number of hydrogen-bond donors (Lipinski definition) is 1. The summed E-state index contributed by atoms with van der Waals surface area (Å²) < 4.78 is 4.98. The van der Waals surface area contributed by atoms with Crippen molar-refractivity contribution in [1.82, 2.24) is 0 Å². The van der Waals surface area contributed by atoms with Crippen molar-refractivity contribution < 1.29 is 19.1 Å². The van der Waals surface area contributed by atoms with Gasteiger partial charge in [0, 0.05) is 12.8 Å². The predicted molar refractivity (Wildman–Crippen MR) is 58.4 cm³/mol. The topological polar surface area (TPSA) is 67.5 Å². The second-order valence-corrected chi connectivity index (χ2v) is 3.71. The van der Waals surface area contributed by atoms with E-state index in [2.05, 4.69) is 0 Å². The lowest BCUT2D eigenvalue weighted by atomic mass is 10.1. The zero-order valence-electron chi connectivity index (χ0n) is 9.15. The van der Waals surface area contributed by atoms with Gasteiger partial charge in [0.15, 0.2) is 11.5 Å². The van der Waals surface area contributed by atoms with Crippen LogP contribution in [0.4, 0.5) is 0 Å². The molecule has 0 aliphatic heterocycles. The van der Waals surface area contributed by atoms with E-state index in [1.54, 1.807) is 12.1 Å². The van der Waals surface area contributed by atoms with Crippen LogP contribution in [-0.4, -0.2) is 16.9 Å². The van der Waals surface area contributed by atoms with Crippen molar-refractivity contribution in [3.63, 3.8) is 0 Å². The van der Waals surface area contributed by atoms with Crippen LogP contribution >= 0.6 is 0 Å². The third-order valence-corrected chi connectivity index (χ3v) is 2.34. The molecule has 0 radical (unpaired) electrons. The number of unbranched alkanes of at least 4 members (excludes halogenated alkanes) is 3. The van der Waals surface area contributed by atoms with Crippen LogP contribution in [0.5, 0.6) is 0 Å². The maximum Gasteiger partial charge on any atom is 0.303 e. The number of Topliss-reactive ketones (excluding diaryl/α,β-unsaturated/α-hetero) is 1. The molecule has 0 unspecified atom stereocenters. The third kappa shape index (κ3) is 4.77. The van der Waals surface area contributed by atoms with Crippen LogP contribution in [0.25, 0.3) is 0 Å². The first-order valence-corrected chi connectivity index (χ1v) is 5.48. The van der Waals surface area contributed by atoms with Gasteiger partial charge in [0.1, 0.15) is 0 Å². The van der Waals surface area contributed by atoms with Gasteiger partial charge in [0.25, 0.3) is 0 Å². The van der Waals surface area contributed by atoms with Crippen LogP contribution in [0, 0.1) is 0 Å². The molecule has 0 saturated carbocycles. The summed E-state index contributed by atoms with van der Waals surface area (Å²) in [5.41, 5.74) is 0. The molecule has 0 fully saturated rings. The molecule has 1 N–H and O–H groups in total. The molecule has 1 heterocycles. The minimum Gasteiger partial charge on any atom is -0.481 e. The maximum absolute atomic E-state index is 11.5. The van der Waals surface area contributed by atoms with Crippen LogP contribution in [0.15, 0.2) is 22.8 Å². The van der Waals surface area contributed by atoms with E-state index in [-0.39, 0.29) is 12.2 Å². The predicted octanol–water partition coefficient (Wildman–Crippen LogP) is 2.89. The fraction of sp³-hybridized carbons (Fsp3) is 0.500. The minimum absolute atomic E-state index is 0.0169. The van der Waals surface area contributed by atoms with Gasteiger partial charge in [-0.1, -0.05) is 12.8 Å². The molecule has 0 atom stereocenters. The Morgan fingerprint density at radius 2 is 1.81 bits per heavy atom. The molecule has 0 aromatic carbocycles. The number of hydrogen-bond acceptors (Lipinski definition) is 3. The van der Waals surface area contributed by atoms with Crippen LogP contribution in [-0.2, 0) is 4.79 Å². The van der Waals surface area contributed by atoms with Gasteiger partial charge < -0.3 is 9.52 Å². The summed E-state index contributed by atoms with van der Waals surface area (Å²) in [6.45, 7) is 0. The van der Waals surface area contributed by atoms with Gasteiger partial charge in [-0.05, 0) is 25.0 Å². The van der Waals surface area contributed by atoms with E-state index < -0.39 is 5.97 Å². The standard InChI is InChI=1S/C12H16O4/c13-10(11-7-5-9-16-11)6-3-1-2-4-8-12(14)15/h5,7,9H,1-4,6,8H2,(H,14,15). The Hall–Kier alpha value is -1.58. The Morgan fingerprint density at radius 1 is 1.12 bits per heavy atom. The average Bonchev–Trinajstić information content (AvgIpc) is 2.75. The van der Waals surface area contributed by atoms with E-state index in [1.807, 2.05) is 0 Å². The maximum atomic E-state index is 11.5. The molecule has 0 amide bonds. The fourth-order valence-electron chi connectivity index (χ4n) is 1.48. The Labute approximate surface area is 94.3 Å². The largest absolute Gasteiger partial charge is 0.481 e. The van der Waals surface area contributed by atoms with Gasteiger partial charge >= 0.3 is 5.97 Å². The smallest absolute Gasteiger partial charge is 0.303 e. The van der Waals surface area contributed by atoms with Crippen LogP contribution in [0.1, 0.15) is 49.1 Å². The monoisotopic (exact) mass is 224 g/mol. The van der Waals surface area contributed by atoms with E-state index >= 15 is 0 Å². The summed E-state index contributed by atoms with van der Waals surface area (Å²) in [5.74, 6) is -0.333. The molecule has 0 spiro atoms. The van der Waals surface area contributed by atoms with Gasteiger partial charge in [-0.3, -0.25) is 9.59 Å². The van der Waals surface area contributed by atoms with Gasteiger partial charge in [0.2, 0.25) is 0 Å². The average molecular weight is 224 g/mol. The molecule has 1 aromatic heterocycles. The van der Waals surface area contributed by atoms with Crippen molar-refractivity contribution in [1.29, 1.82) is 0 Å². The van der Waals surface area contributed by atoms with Crippen LogP contribution < -0.4 is 0 Å². The molecule has 4 heteroatoms. The highest BCUT2D eigenvalue weighted by Crippen LogP contribution is 2.10. The summed E-state index contributed by atoms with van der Waals surface area (Å²) in [6.07, 6.45) is 5.40. The van der Waals surface area contributed by atoms with E-state index in [0.717, 1.165) is 19.3 Å². The summed E-state index contributed by atoms with van der Waals surface area (Å²) >= 11 is 0. The van der Waals surface area contributed by atoms with Crippen molar-refractivity contribution >= 4 is 11.8 Å². The molecule has 0 saturated heterocycles. The molecule has 0 bridgehead atoms. The van der Waals surface area contributed by atoms with Crippen LogP contribution in [0.3, 0.4) is 0 Å². The van der Waals surface area contributed by atoms with Gasteiger partial charge in [-0.2, -0.15) is 0 Å². The first-order valence-electron chi connectivity index (χ1n) is 5.48. The number of furan rings is 1. The zero-order chi connectivity index (χ0) is 11.8. The van der Waals surface area contributed by atoms with Crippen molar-refractivity contribution in [3.8, 4) is 0 Å². The van der Waals surface area contributed by atoms with Crippen LogP contribution in [0.2, 0.25) is 0 Å². The molecular formula is C12H16O4. The normalized spacial score (nSPS) is 10.2. The molecule has 1 aromatic rings. The highest BCUT2D eigenvalue weighted by molar-refractivity contribution is 5.93. The van der Waals surface area contributed by atoms with E-state index in [0.29, 0.717) is 18.6 Å². The summed E-state index contributed by atoms with van der Waals surface area (Å²) in [5, 5.41) is 8.42. The number of carbonyl (C=O) groups excluding carboxylic acids is 1. The Morgan fingerprint density at radius 3 is 2.38 bits per heavy atom. The quantitative estimate of drug-likeness (QED) is 0.544. The summed E-state index contributed by atoms with van der Waals surface area (Å²) in [4.78, 5) is 21.7. The second kappa shape index (κ2) is 6.82. The van der Waals surface area contributed by atoms with Crippen molar-refractivity contribution in [2.75, 3.05) is 0 Å². The van der Waals surface area contributed by atoms with Crippen molar-refractivity contribution in [2.24, 2.45) is 0 Å². The molecule has 0 aliphatic rings. The Balaban J connectivity index is 2.03. The number of carbonyl (C=O) groups is 2. The SMILES string of the molecule is O=C(O)CCCCCCC(=O)c1ccco1.